The Labute approximate surface area is 150 Å². The third-order valence-electron chi connectivity index (χ3n) is 4.84. The van der Waals surface area contributed by atoms with Gasteiger partial charge < -0.3 is 10.2 Å². The number of hydrogen-bond acceptors (Lipinski definition) is 3. The summed E-state index contributed by atoms with van der Waals surface area (Å²) in [6.07, 6.45) is -4.16. The van der Waals surface area contributed by atoms with Crippen molar-refractivity contribution in [2.75, 3.05) is 11.9 Å². The first-order valence-corrected chi connectivity index (χ1v) is 9.64. The minimum Gasteiger partial charge on any atom is -0.319 e. The summed E-state index contributed by atoms with van der Waals surface area (Å²) >= 11 is 0. The van der Waals surface area contributed by atoms with Gasteiger partial charge in [-0.1, -0.05) is 13.0 Å². The number of amides is 2. The Hall–Kier alpha value is -1.81. The Morgan fingerprint density at radius 3 is 2.46 bits per heavy atom. The molecule has 0 aliphatic carbocycles. The molecule has 6 nitrogen and oxygen atoms in total. The van der Waals surface area contributed by atoms with E-state index in [1.165, 1.54) is 32.0 Å². The van der Waals surface area contributed by atoms with Gasteiger partial charge in [0.1, 0.15) is 0 Å². The quantitative estimate of drug-likeness (QED) is 0.827. The van der Waals surface area contributed by atoms with Gasteiger partial charge in [-0.25, -0.2) is 18.4 Å². The number of urea groups is 1. The summed E-state index contributed by atoms with van der Waals surface area (Å²) in [6.45, 7) is 4.45. The number of nitrogens with zero attached hydrogens (tertiary/aromatic N) is 1. The summed E-state index contributed by atoms with van der Waals surface area (Å²) in [5, 5.41) is 7.66. The number of hydrogen-bond donors (Lipinski definition) is 2. The highest BCUT2D eigenvalue weighted by Gasteiger charge is 2.56. The molecule has 1 aromatic carbocycles. The Morgan fingerprint density at radius 2 is 2.00 bits per heavy atom. The zero-order chi connectivity index (χ0) is 19.9. The van der Waals surface area contributed by atoms with E-state index in [0.717, 1.165) is 4.90 Å². The molecule has 0 spiro atoms. The molecule has 0 bridgehead atoms. The monoisotopic (exact) mass is 393 g/mol. The Balaban J connectivity index is 2.26. The third-order valence-corrected chi connectivity index (χ3v) is 5.83. The van der Waals surface area contributed by atoms with Gasteiger partial charge in [-0.2, -0.15) is 13.2 Å². The van der Waals surface area contributed by atoms with Gasteiger partial charge >= 0.3 is 12.2 Å². The maximum Gasteiger partial charge on any atom is 0.394 e. The molecule has 0 saturated carbocycles. The summed E-state index contributed by atoms with van der Waals surface area (Å²) in [7, 11) is -3.99. The van der Waals surface area contributed by atoms with Crippen molar-refractivity contribution >= 4 is 21.7 Å². The molecule has 10 heteroatoms. The molecule has 3 N–H and O–H groups in total. The molecule has 146 valence electrons. The van der Waals surface area contributed by atoms with Gasteiger partial charge in [-0.3, -0.25) is 0 Å². The number of benzene rings is 1. The standard InChI is InChI=1S/C16H22F3N3O3S/c1-4-10-5-6-11(9-12(10)26(20,24)25)21-14(23)22-8-7-13(15(22,2)3)16(17,18)19/h5-6,9,13H,4,7-8H2,1-3H3,(H,21,23)(H2,20,24,25). The second-order valence-electron chi connectivity index (χ2n) is 6.84. The van der Waals surface area contributed by atoms with Crippen LogP contribution in [0.2, 0.25) is 0 Å². The second kappa shape index (κ2) is 6.73. The first-order valence-electron chi connectivity index (χ1n) is 8.09. The van der Waals surface area contributed by atoms with Crippen molar-refractivity contribution in [1.82, 2.24) is 4.90 Å². The van der Waals surface area contributed by atoms with Crippen LogP contribution in [0.5, 0.6) is 0 Å². The number of sulfonamides is 1. The summed E-state index contributed by atoms with van der Waals surface area (Å²) < 4.78 is 62.8. The first kappa shape index (κ1) is 20.5. The molecule has 0 aromatic heterocycles. The molecule has 1 saturated heterocycles. The van der Waals surface area contributed by atoms with Crippen molar-refractivity contribution in [2.45, 2.75) is 50.2 Å². The SMILES string of the molecule is CCc1ccc(NC(=O)N2CCC(C(F)(F)F)C2(C)C)cc1S(N)(=O)=O. The van der Waals surface area contributed by atoms with Crippen LogP contribution in [0, 0.1) is 5.92 Å². The molecular formula is C16H22F3N3O3S. The van der Waals surface area contributed by atoms with Gasteiger partial charge in [0.05, 0.1) is 16.4 Å². The number of likely N-dealkylation sites (tertiary alicyclic amines) is 1. The van der Waals surface area contributed by atoms with Crippen LogP contribution in [-0.4, -0.2) is 37.6 Å². The highest BCUT2D eigenvalue weighted by atomic mass is 32.2. The van der Waals surface area contributed by atoms with E-state index < -0.39 is 33.7 Å². The average Bonchev–Trinajstić information content (AvgIpc) is 2.81. The minimum absolute atomic E-state index is 0.0436. The van der Waals surface area contributed by atoms with Crippen LogP contribution >= 0.6 is 0 Å². The van der Waals surface area contributed by atoms with Crippen molar-refractivity contribution in [1.29, 1.82) is 0 Å². The number of halogens is 3. The van der Waals surface area contributed by atoms with Crippen LogP contribution in [0.3, 0.4) is 0 Å². The molecule has 2 amide bonds. The summed E-state index contributed by atoms with van der Waals surface area (Å²) in [5.41, 5.74) is -0.763. The van der Waals surface area contributed by atoms with E-state index in [1.807, 2.05) is 0 Å². The lowest BCUT2D eigenvalue weighted by Crippen LogP contribution is -2.51. The smallest absolute Gasteiger partial charge is 0.319 e. The lowest BCUT2D eigenvalue weighted by atomic mass is 9.88. The molecule has 1 heterocycles. The minimum atomic E-state index is -4.40. The number of aryl methyl sites for hydroxylation is 1. The van der Waals surface area contributed by atoms with E-state index in [2.05, 4.69) is 5.32 Å². The van der Waals surface area contributed by atoms with Gasteiger partial charge in [-0.15, -0.1) is 0 Å². The van der Waals surface area contributed by atoms with E-state index in [4.69, 9.17) is 5.14 Å². The fourth-order valence-corrected chi connectivity index (χ4v) is 4.26. The summed E-state index contributed by atoms with van der Waals surface area (Å²) in [5.74, 6) is -1.62. The van der Waals surface area contributed by atoms with Crippen LogP contribution in [0.1, 0.15) is 32.8 Å². The van der Waals surface area contributed by atoms with Crippen molar-refractivity contribution in [3.8, 4) is 0 Å². The number of nitrogens with one attached hydrogen (secondary N) is 1. The molecule has 1 unspecified atom stereocenters. The predicted molar refractivity (Wildman–Crippen MR) is 91.2 cm³/mol. The Bertz CT molecular complexity index is 807. The van der Waals surface area contributed by atoms with Crippen molar-refractivity contribution in [3.63, 3.8) is 0 Å². The van der Waals surface area contributed by atoms with Gasteiger partial charge in [0, 0.05) is 12.2 Å². The molecule has 26 heavy (non-hydrogen) atoms. The number of nitrogens with two attached hydrogens (primary N) is 1. The lowest BCUT2D eigenvalue weighted by Gasteiger charge is -2.36. The maximum atomic E-state index is 13.1. The molecule has 1 atom stereocenters. The van der Waals surface area contributed by atoms with Crippen LogP contribution in [0.4, 0.5) is 23.7 Å². The van der Waals surface area contributed by atoms with Crippen LogP contribution in [0.25, 0.3) is 0 Å². The fourth-order valence-electron chi connectivity index (χ4n) is 3.40. The van der Waals surface area contributed by atoms with E-state index in [1.54, 1.807) is 6.92 Å². The van der Waals surface area contributed by atoms with E-state index in [9.17, 15) is 26.4 Å². The van der Waals surface area contributed by atoms with Crippen molar-refractivity contribution in [2.24, 2.45) is 11.1 Å². The molecule has 1 aromatic rings. The number of alkyl halides is 3. The highest BCUT2D eigenvalue weighted by Crippen LogP contribution is 2.44. The number of rotatable bonds is 3. The zero-order valence-electron chi connectivity index (χ0n) is 14.7. The predicted octanol–water partition coefficient (Wildman–Crippen LogP) is 3.09. The Morgan fingerprint density at radius 1 is 1.38 bits per heavy atom. The zero-order valence-corrected chi connectivity index (χ0v) is 15.5. The van der Waals surface area contributed by atoms with E-state index in [0.29, 0.717) is 12.0 Å². The third kappa shape index (κ3) is 3.96. The molecular weight excluding hydrogens is 371 g/mol. The molecule has 2 rings (SSSR count). The summed E-state index contributed by atoms with van der Waals surface area (Å²) in [6, 6.07) is 3.51. The van der Waals surface area contributed by atoms with E-state index >= 15 is 0 Å². The maximum absolute atomic E-state index is 13.1. The van der Waals surface area contributed by atoms with Gasteiger partial charge in [-0.05, 0) is 44.4 Å². The molecule has 1 fully saturated rings. The van der Waals surface area contributed by atoms with Crippen molar-refractivity contribution < 1.29 is 26.4 Å². The lowest BCUT2D eigenvalue weighted by molar-refractivity contribution is -0.189. The topological polar surface area (TPSA) is 92.5 Å². The van der Waals surface area contributed by atoms with Gasteiger partial charge in [0.25, 0.3) is 0 Å². The molecule has 0 radical (unpaired) electrons. The van der Waals surface area contributed by atoms with Gasteiger partial charge in [0.2, 0.25) is 10.0 Å². The highest BCUT2D eigenvalue weighted by molar-refractivity contribution is 7.89. The normalized spacial score (nSPS) is 20.3. The fraction of sp³-hybridized carbons (Fsp3) is 0.562. The van der Waals surface area contributed by atoms with Crippen LogP contribution < -0.4 is 10.5 Å². The van der Waals surface area contributed by atoms with Crippen molar-refractivity contribution in [3.05, 3.63) is 23.8 Å². The van der Waals surface area contributed by atoms with Crippen LogP contribution in [-0.2, 0) is 16.4 Å². The number of primary sulfonamides is 1. The van der Waals surface area contributed by atoms with E-state index in [-0.39, 0.29) is 23.5 Å². The summed E-state index contributed by atoms with van der Waals surface area (Å²) in [4.78, 5) is 13.5. The van der Waals surface area contributed by atoms with Gasteiger partial charge in [0.15, 0.2) is 0 Å². The number of carbonyl (C=O) groups is 1. The van der Waals surface area contributed by atoms with Crippen LogP contribution in [0.15, 0.2) is 23.1 Å². The Kier molecular flexibility index (Phi) is 5.31. The number of anilines is 1. The number of carbonyl (C=O) groups excluding carboxylic acids is 1. The first-order chi connectivity index (χ1) is 11.8. The largest absolute Gasteiger partial charge is 0.394 e. The second-order valence-corrected chi connectivity index (χ2v) is 8.37. The molecule has 1 aliphatic rings. The molecule has 1 aliphatic heterocycles. The average molecular weight is 393 g/mol.